The second kappa shape index (κ2) is 10.3. The third kappa shape index (κ3) is 4.72. The molecule has 1 aromatic carbocycles. The molecule has 0 saturated carbocycles. The minimum absolute atomic E-state index is 0.0704. The maximum absolute atomic E-state index is 13.1. The van der Waals surface area contributed by atoms with Crippen molar-refractivity contribution in [2.75, 3.05) is 31.7 Å². The number of aromatic nitrogens is 4. The van der Waals surface area contributed by atoms with Crippen LogP contribution >= 0.6 is 23.4 Å². The SMILES string of the molecule is COC(C)Cn1cnc2ccc(Sc3cnc(N4CCC5(CC4)CO[C@@H](C)[C@H]5N)cn3)c(Cl)c2c1=O. The first-order valence-electron chi connectivity index (χ1n) is 12.1. The van der Waals surface area contributed by atoms with Gasteiger partial charge in [-0.05, 0) is 38.8 Å². The fraction of sp³-hybridized carbons (Fsp3) is 0.520. The van der Waals surface area contributed by atoms with Crippen molar-refractivity contribution in [3.05, 3.63) is 46.2 Å². The first kappa shape index (κ1) is 25.4. The average Bonchev–Trinajstić information content (AvgIpc) is 3.16. The molecule has 3 atom stereocenters. The van der Waals surface area contributed by atoms with Gasteiger partial charge in [-0.3, -0.25) is 9.36 Å². The molecular formula is C25H31ClN6O3S. The number of benzene rings is 1. The Bertz CT molecular complexity index is 1300. The number of methoxy groups -OCH3 is 1. The van der Waals surface area contributed by atoms with Crippen LogP contribution in [-0.2, 0) is 16.0 Å². The molecule has 1 spiro atoms. The van der Waals surface area contributed by atoms with Crippen LogP contribution in [0, 0.1) is 5.41 Å². The van der Waals surface area contributed by atoms with Crippen molar-refractivity contribution in [3.8, 4) is 0 Å². The van der Waals surface area contributed by atoms with Crippen LogP contribution in [0.3, 0.4) is 0 Å². The molecule has 3 aromatic rings. The summed E-state index contributed by atoms with van der Waals surface area (Å²) in [6.45, 7) is 6.85. The summed E-state index contributed by atoms with van der Waals surface area (Å²) in [4.78, 5) is 29.7. The number of nitrogens with zero attached hydrogens (tertiary/aromatic N) is 5. The van der Waals surface area contributed by atoms with Crippen molar-refractivity contribution < 1.29 is 9.47 Å². The van der Waals surface area contributed by atoms with Gasteiger partial charge in [-0.15, -0.1) is 0 Å². The summed E-state index contributed by atoms with van der Waals surface area (Å²) in [5.41, 5.74) is 6.88. The number of hydrogen-bond donors (Lipinski definition) is 1. The highest BCUT2D eigenvalue weighted by atomic mass is 35.5. The van der Waals surface area contributed by atoms with E-state index in [0.717, 1.165) is 43.3 Å². The number of ether oxygens (including phenoxy) is 2. The first-order valence-corrected chi connectivity index (χ1v) is 13.3. The summed E-state index contributed by atoms with van der Waals surface area (Å²) in [7, 11) is 1.61. The van der Waals surface area contributed by atoms with Crippen molar-refractivity contribution >= 4 is 40.1 Å². The lowest BCUT2D eigenvalue weighted by Crippen LogP contribution is -2.50. The molecule has 4 heterocycles. The molecule has 5 rings (SSSR count). The third-order valence-electron chi connectivity index (χ3n) is 7.51. The highest BCUT2D eigenvalue weighted by molar-refractivity contribution is 7.99. The highest BCUT2D eigenvalue weighted by Gasteiger charge is 2.47. The van der Waals surface area contributed by atoms with E-state index < -0.39 is 0 Å². The summed E-state index contributed by atoms with van der Waals surface area (Å²) in [6.07, 6.45) is 7.04. The van der Waals surface area contributed by atoms with Crippen LogP contribution in [0.25, 0.3) is 10.9 Å². The lowest BCUT2D eigenvalue weighted by atomic mass is 9.73. The fourth-order valence-electron chi connectivity index (χ4n) is 5.04. The quantitative estimate of drug-likeness (QED) is 0.513. The van der Waals surface area contributed by atoms with Crippen LogP contribution in [0.15, 0.2) is 45.6 Å². The summed E-state index contributed by atoms with van der Waals surface area (Å²) < 4.78 is 12.6. The second-order valence-electron chi connectivity index (χ2n) is 9.73. The van der Waals surface area contributed by atoms with Crippen LogP contribution in [-0.4, -0.2) is 64.6 Å². The molecule has 36 heavy (non-hydrogen) atoms. The smallest absolute Gasteiger partial charge is 0.262 e. The third-order valence-corrected chi connectivity index (χ3v) is 9.00. The van der Waals surface area contributed by atoms with E-state index in [4.69, 9.17) is 26.8 Å². The normalized spacial score (nSPS) is 22.4. The Kier molecular flexibility index (Phi) is 7.24. The van der Waals surface area contributed by atoms with Gasteiger partial charge in [-0.2, -0.15) is 0 Å². The van der Waals surface area contributed by atoms with Crippen molar-refractivity contribution in [2.24, 2.45) is 11.1 Å². The zero-order valence-corrected chi connectivity index (χ0v) is 22.3. The predicted octanol–water partition coefficient (Wildman–Crippen LogP) is 3.36. The van der Waals surface area contributed by atoms with Crippen molar-refractivity contribution in [1.29, 1.82) is 0 Å². The Morgan fingerprint density at radius 3 is 2.69 bits per heavy atom. The topological polar surface area (TPSA) is 108 Å². The Morgan fingerprint density at radius 2 is 2.06 bits per heavy atom. The van der Waals surface area contributed by atoms with E-state index in [9.17, 15) is 4.79 Å². The largest absolute Gasteiger partial charge is 0.380 e. The van der Waals surface area contributed by atoms with Crippen molar-refractivity contribution in [1.82, 2.24) is 19.5 Å². The first-order chi connectivity index (χ1) is 17.3. The van der Waals surface area contributed by atoms with E-state index in [1.807, 2.05) is 13.0 Å². The lowest BCUT2D eigenvalue weighted by molar-refractivity contribution is 0.0974. The van der Waals surface area contributed by atoms with Crippen LogP contribution in [0.5, 0.6) is 0 Å². The number of rotatable bonds is 6. The highest BCUT2D eigenvalue weighted by Crippen LogP contribution is 2.42. The fourth-order valence-corrected chi connectivity index (χ4v) is 6.16. The van der Waals surface area contributed by atoms with Gasteiger partial charge in [0, 0.05) is 36.6 Å². The van der Waals surface area contributed by atoms with E-state index in [2.05, 4.69) is 26.8 Å². The monoisotopic (exact) mass is 530 g/mol. The zero-order valence-electron chi connectivity index (χ0n) is 20.7. The minimum Gasteiger partial charge on any atom is -0.380 e. The van der Waals surface area contributed by atoms with Crippen molar-refractivity contribution in [3.63, 3.8) is 0 Å². The van der Waals surface area contributed by atoms with Gasteiger partial charge >= 0.3 is 0 Å². The second-order valence-corrected chi connectivity index (χ2v) is 11.2. The maximum Gasteiger partial charge on any atom is 0.262 e. The molecule has 1 unspecified atom stereocenters. The van der Waals surface area contributed by atoms with Crippen LogP contribution < -0.4 is 16.2 Å². The number of anilines is 1. The van der Waals surface area contributed by atoms with E-state index >= 15 is 0 Å². The van der Waals surface area contributed by atoms with Crippen LogP contribution in [0.2, 0.25) is 5.02 Å². The van der Waals surface area contributed by atoms with Gasteiger partial charge < -0.3 is 20.1 Å². The molecule has 2 N–H and O–H groups in total. The molecule has 2 saturated heterocycles. The molecule has 2 aromatic heterocycles. The van der Waals surface area contributed by atoms with E-state index in [0.29, 0.717) is 27.5 Å². The molecule has 0 amide bonds. The molecule has 192 valence electrons. The van der Waals surface area contributed by atoms with Crippen LogP contribution in [0.4, 0.5) is 5.82 Å². The molecule has 0 bridgehead atoms. The van der Waals surface area contributed by atoms with Crippen molar-refractivity contribution in [2.45, 2.75) is 61.4 Å². The molecule has 0 radical (unpaired) electrons. The Hall–Kier alpha value is -2.24. The standard InChI is InChI=1S/C25H31ClN6O3S/c1-15(34-3)12-32-14-30-17-4-5-18(22(26)21(17)24(32)33)36-20-11-28-19(10-29-20)31-8-6-25(7-9-31)13-35-16(2)23(25)27/h4-5,10-11,14-16,23H,6-9,12-13,27H2,1-3H3/t15?,16-,23+/m0/s1. The molecule has 2 aliphatic heterocycles. The molecule has 0 aliphatic carbocycles. The molecule has 9 nitrogen and oxygen atoms in total. The number of halogens is 1. The van der Waals surface area contributed by atoms with Gasteiger partial charge in [0.2, 0.25) is 0 Å². The van der Waals surface area contributed by atoms with Gasteiger partial charge in [-0.1, -0.05) is 23.4 Å². The summed E-state index contributed by atoms with van der Waals surface area (Å²) in [6, 6.07) is 3.75. The summed E-state index contributed by atoms with van der Waals surface area (Å²) in [5.74, 6) is 0.846. The summed E-state index contributed by atoms with van der Waals surface area (Å²) >= 11 is 8.07. The van der Waals surface area contributed by atoms with Gasteiger partial charge in [0.1, 0.15) is 10.8 Å². The predicted molar refractivity (Wildman–Crippen MR) is 141 cm³/mol. The molecule has 11 heteroatoms. The van der Waals surface area contributed by atoms with E-state index in [1.165, 1.54) is 22.7 Å². The van der Waals surface area contributed by atoms with Gasteiger partial charge in [0.15, 0.2) is 0 Å². The Balaban J connectivity index is 1.30. The number of nitrogens with two attached hydrogens (primary N) is 1. The lowest BCUT2D eigenvalue weighted by Gasteiger charge is -2.41. The summed E-state index contributed by atoms with van der Waals surface area (Å²) in [5, 5.41) is 1.46. The Labute approximate surface area is 219 Å². The molecule has 2 aliphatic rings. The zero-order chi connectivity index (χ0) is 25.4. The van der Waals surface area contributed by atoms with Gasteiger partial charge in [0.25, 0.3) is 5.56 Å². The number of fused-ring (bicyclic) bond motifs is 1. The number of hydrogen-bond acceptors (Lipinski definition) is 9. The molecular weight excluding hydrogens is 500 g/mol. The average molecular weight is 531 g/mol. The maximum atomic E-state index is 13.1. The van der Waals surface area contributed by atoms with E-state index in [-0.39, 0.29) is 29.2 Å². The van der Waals surface area contributed by atoms with E-state index in [1.54, 1.807) is 25.6 Å². The van der Waals surface area contributed by atoms with Crippen LogP contribution in [0.1, 0.15) is 26.7 Å². The Morgan fingerprint density at radius 1 is 1.28 bits per heavy atom. The molecule has 2 fully saturated rings. The minimum atomic E-state index is -0.192. The van der Waals surface area contributed by atoms with Gasteiger partial charge in [0.05, 0.1) is 60.0 Å². The van der Waals surface area contributed by atoms with Gasteiger partial charge in [-0.25, -0.2) is 15.0 Å². The number of piperidine rings is 1.